The van der Waals surface area contributed by atoms with E-state index < -0.39 is 0 Å². The predicted octanol–water partition coefficient (Wildman–Crippen LogP) is 4.24. The maximum atomic E-state index is 13.5. The molecule has 0 N–H and O–H groups in total. The maximum absolute atomic E-state index is 13.5. The zero-order valence-electron chi connectivity index (χ0n) is 11.4. The standard InChI is InChI=1S/C15H19BrFNO/c1-3-15(4-2)7-8-18(10-15)14(19)11-5-6-12(16)13(17)9-11/h5-6,9H,3-4,7-8,10H2,1-2H3. The van der Waals surface area contributed by atoms with Crippen molar-refractivity contribution in [2.75, 3.05) is 13.1 Å². The van der Waals surface area contributed by atoms with Crippen molar-refractivity contribution in [1.82, 2.24) is 4.90 Å². The molecule has 0 aliphatic carbocycles. The molecule has 19 heavy (non-hydrogen) atoms. The highest BCUT2D eigenvalue weighted by Crippen LogP contribution is 2.37. The van der Waals surface area contributed by atoms with Gasteiger partial charge in [-0.1, -0.05) is 13.8 Å². The largest absolute Gasteiger partial charge is 0.338 e. The molecule has 1 fully saturated rings. The molecule has 0 radical (unpaired) electrons. The average Bonchev–Trinajstić information content (AvgIpc) is 2.86. The van der Waals surface area contributed by atoms with Crippen LogP contribution in [0.25, 0.3) is 0 Å². The predicted molar refractivity (Wildman–Crippen MR) is 77.6 cm³/mol. The second-order valence-electron chi connectivity index (χ2n) is 5.31. The minimum absolute atomic E-state index is 0.0600. The van der Waals surface area contributed by atoms with Crippen molar-refractivity contribution in [3.63, 3.8) is 0 Å². The van der Waals surface area contributed by atoms with Gasteiger partial charge in [-0.25, -0.2) is 4.39 Å². The summed E-state index contributed by atoms with van der Waals surface area (Å²) in [5.41, 5.74) is 0.688. The topological polar surface area (TPSA) is 20.3 Å². The second-order valence-corrected chi connectivity index (χ2v) is 6.17. The summed E-state index contributed by atoms with van der Waals surface area (Å²) in [6.45, 7) is 5.92. The van der Waals surface area contributed by atoms with Crippen molar-refractivity contribution < 1.29 is 9.18 Å². The van der Waals surface area contributed by atoms with Crippen LogP contribution in [0.1, 0.15) is 43.5 Å². The van der Waals surface area contributed by atoms with Gasteiger partial charge < -0.3 is 4.90 Å². The SMILES string of the molecule is CCC1(CC)CCN(C(=O)c2ccc(Br)c(F)c2)C1. The van der Waals surface area contributed by atoms with E-state index in [1.807, 2.05) is 4.90 Å². The Morgan fingerprint density at radius 1 is 1.42 bits per heavy atom. The van der Waals surface area contributed by atoms with E-state index in [0.29, 0.717) is 10.0 Å². The molecule has 1 aromatic carbocycles. The summed E-state index contributed by atoms with van der Waals surface area (Å²) >= 11 is 3.10. The van der Waals surface area contributed by atoms with Crippen LogP contribution < -0.4 is 0 Å². The number of amides is 1. The molecule has 1 aliphatic rings. The first-order valence-corrected chi connectivity index (χ1v) is 7.55. The van der Waals surface area contributed by atoms with Gasteiger partial charge in [-0.15, -0.1) is 0 Å². The van der Waals surface area contributed by atoms with Crippen molar-refractivity contribution in [2.45, 2.75) is 33.1 Å². The summed E-state index contributed by atoms with van der Waals surface area (Å²) < 4.78 is 13.9. The molecular formula is C15H19BrFNO. The third-order valence-electron chi connectivity index (χ3n) is 4.39. The number of nitrogens with zero attached hydrogens (tertiary/aromatic N) is 1. The fourth-order valence-corrected chi connectivity index (χ4v) is 2.99. The van der Waals surface area contributed by atoms with E-state index in [-0.39, 0.29) is 17.1 Å². The zero-order chi connectivity index (χ0) is 14.0. The first-order valence-electron chi connectivity index (χ1n) is 6.75. The highest BCUT2D eigenvalue weighted by molar-refractivity contribution is 9.10. The van der Waals surface area contributed by atoms with Crippen LogP contribution in [-0.4, -0.2) is 23.9 Å². The second kappa shape index (κ2) is 5.61. The Labute approximate surface area is 122 Å². The Morgan fingerprint density at radius 3 is 2.63 bits per heavy atom. The van der Waals surface area contributed by atoms with Crippen LogP contribution >= 0.6 is 15.9 Å². The molecule has 0 saturated carbocycles. The monoisotopic (exact) mass is 327 g/mol. The summed E-state index contributed by atoms with van der Waals surface area (Å²) in [4.78, 5) is 14.2. The lowest BCUT2D eigenvalue weighted by atomic mass is 9.82. The number of likely N-dealkylation sites (tertiary alicyclic amines) is 1. The van der Waals surface area contributed by atoms with Gasteiger partial charge in [-0.05, 0) is 58.8 Å². The zero-order valence-corrected chi connectivity index (χ0v) is 13.0. The highest BCUT2D eigenvalue weighted by Gasteiger charge is 2.37. The molecule has 2 nitrogen and oxygen atoms in total. The van der Waals surface area contributed by atoms with Crippen molar-refractivity contribution >= 4 is 21.8 Å². The van der Waals surface area contributed by atoms with Gasteiger partial charge in [0, 0.05) is 18.7 Å². The van der Waals surface area contributed by atoms with Gasteiger partial charge in [0.25, 0.3) is 5.91 Å². The summed E-state index contributed by atoms with van der Waals surface area (Å²) in [7, 11) is 0. The minimum atomic E-state index is -0.387. The normalized spacial score (nSPS) is 17.8. The number of carbonyl (C=O) groups excluding carboxylic acids is 1. The Kier molecular flexibility index (Phi) is 4.29. The van der Waals surface area contributed by atoms with Crippen molar-refractivity contribution in [3.8, 4) is 0 Å². The molecule has 104 valence electrons. The first-order chi connectivity index (χ1) is 9.01. The van der Waals surface area contributed by atoms with Gasteiger partial charge in [0.05, 0.1) is 4.47 Å². The third kappa shape index (κ3) is 2.83. The number of hydrogen-bond donors (Lipinski definition) is 0. The van der Waals surface area contributed by atoms with E-state index in [9.17, 15) is 9.18 Å². The molecule has 2 rings (SSSR count). The molecule has 1 aromatic rings. The Morgan fingerprint density at radius 2 is 2.11 bits per heavy atom. The first kappa shape index (κ1) is 14.5. The third-order valence-corrected chi connectivity index (χ3v) is 5.04. The van der Waals surface area contributed by atoms with E-state index in [2.05, 4.69) is 29.8 Å². The quantitative estimate of drug-likeness (QED) is 0.813. The van der Waals surface area contributed by atoms with Crippen LogP contribution in [0.2, 0.25) is 0 Å². The van der Waals surface area contributed by atoms with Crippen LogP contribution in [-0.2, 0) is 0 Å². The lowest BCUT2D eigenvalue weighted by Gasteiger charge is -2.26. The van der Waals surface area contributed by atoms with Crippen LogP contribution in [0.15, 0.2) is 22.7 Å². The molecule has 4 heteroatoms. The van der Waals surface area contributed by atoms with Crippen LogP contribution in [0.5, 0.6) is 0 Å². The molecule has 1 amide bonds. The number of halogens is 2. The molecule has 0 spiro atoms. The number of rotatable bonds is 3. The van der Waals surface area contributed by atoms with Crippen molar-refractivity contribution in [3.05, 3.63) is 34.1 Å². The smallest absolute Gasteiger partial charge is 0.253 e. The van der Waals surface area contributed by atoms with Gasteiger partial charge >= 0.3 is 0 Å². The van der Waals surface area contributed by atoms with Crippen molar-refractivity contribution in [1.29, 1.82) is 0 Å². The van der Waals surface area contributed by atoms with E-state index in [1.54, 1.807) is 12.1 Å². The van der Waals surface area contributed by atoms with Gasteiger partial charge in [0.1, 0.15) is 5.82 Å². The van der Waals surface area contributed by atoms with Crippen LogP contribution in [0.4, 0.5) is 4.39 Å². The number of carbonyl (C=O) groups is 1. The Bertz CT molecular complexity index is 485. The van der Waals surface area contributed by atoms with Gasteiger partial charge in [-0.2, -0.15) is 0 Å². The van der Waals surface area contributed by atoms with Gasteiger partial charge in [0.2, 0.25) is 0 Å². The fourth-order valence-electron chi connectivity index (χ4n) is 2.75. The minimum Gasteiger partial charge on any atom is -0.338 e. The summed E-state index contributed by atoms with van der Waals surface area (Å²) in [5, 5.41) is 0. The lowest BCUT2D eigenvalue weighted by Crippen LogP contribution is -2.31. The molecule has 0 aromatic heterocycles. The Hall–Kier alpha value is -0.900. The summed E-state index contributed by atoms with van der Waals surface area (Å²) in [6.07, 6.45) is 3.22. The summed E-state index contributed by atoms with van der Waals surface area (Å²) in [6, 6.07) is 4.57. The molecule has 0 bridgehead atoms. The lowest BCUT2D eigenvalue weighted by molar-refractivity contribution is 0.0769. The highest BCUT2D eigenvalue weighted by atomic mass is 79.9. The van der Waals surface area contributed by atoms with Crippen molar-refractivity contribution in [2.24, 2.45) is 5.41 Å². The van der Waals surface area contributed by atoms with E-state index in [4.69, 9.17) is 0 Å². The van der Waals surface area contributed by atoms with E-state index in [1.165, 1.54) is 6.07 Å². The molecule has 1 saturated heterocycles. The molecule has 0 atom stereocenters. The molecule has 1 aliphatic heterocycles. The molecular weight excluding hydrogens is 309 g/mol. The summed E-state index contributed by atoms with van der Waals surface area (Å²) in [5.74, 6) is -0.447. The Balaban J connectivity index is 2.15. The van der Waals surface area contributed by atoms with Crippen LogP contribution in [0.3, 0.4) is 0 Å². The molecule has 0 unspecified atom stereocenters. The van der Waals surface area contributed by atoms with Gasteiger partial charge in [0.15, 0.2) is 0 Å². The maximum Gasteiger partial charge on any atom is 0.253 e. The van der Waals surface area contributed by atoms with Crippen LogP contribution in [0, 0.1) is 11.2 Å². The average molecular weight is 328 g/mol. The van der Waals surface area contributed by atoms with E-state index >= 15 is 0 Å². The van der Waals surface area contributed by atoms with Gasteiger partial charge in [-0.3, -0.25) is 4.79 Å². The molecule has 1 heterocycles. The number of hydrogen-bond acceptors (Lipinski definition) is 1. The number of benzene rings is 1. The van der Waals surface area contributed by atoms with E-state index in [0.717, 1.165) is 32.4 Å². The fraction of sp³-hybridized carbons (Fsp3) is 0.533.